The largest absolute Gasteiger partial charge is 0.490 e. The number of primary amides is 1. The molecule has 0 saturated heterocycles. The summed E-state index contributed by atoms with van der Waals surface area (Å²) in [7, 11) is 0. The lowest BCUT2D eigenvalue weighted by Crippen LogP contribution is -2.24. The topological polar surface area (TPSA) is 108 Å². The third-order valence-corrected chi connectivity index (χ3v) is 5.48. The number of benzene rings is 2. The number of hydrogen-bond acceptors (Lipinski definition) is 3. The lowest BCUT2D eigenvalue weighted by Gasteiger charge is -2.21. The van der Waals surface area contributed by atoms with Crippen LogP contribution >= 0.6 is 0 Å². The number of amides is 1. The minimum Gasteiger partial charge on any atom is -0.475 e. The number of halogens is 7. The number of aryl methyl sites for hydroxylation is 1. The fourth-order valence-electron chi connectivity index (χ4n) is 4.01. The summed E-state index contributed by atoms with van der Waals surface area (Å²) in [6.07, 6.45) is -9.13. The standard InChI is InChI=1S/C20H17F4N3O.C2HF3O2/c1-9-15-16(12-4-2-3-10-8-26-6-5-11(10)12)14(21)7-13(19(25)28)17(15)27-18(9)20(22,23)24;3-2(4,5)1(6)7/h2-4,7,26-27H,5-6,8H2,1H3,(H2,25,28);(H,6,7). The number of nitrogens with two attached hydrogens (primary N) is 1. The summed E-state index contributed by atoms with van der Waals surface area (Å²) in [6.45, 7) is 2.56. The molecule has 188 valence electrons. The summed E-state index contributed by atoms with van der Waals surface area (Å²) in [5.41, 5.74) is 6.19. The summed E-state index contributed by atoms with van der Waals surface area (Å²) >= 11 is 0. The van der Waals surface area contributed by atoms with Gasteiger partial charge < -0.3 is 21.1 Å². The highest BCUT2D eigenvalue weighted by Crippen LogP contribution is 2.43. The molecule has 1 aliphatic rings. The summed E-state index contributed by atoms with van der Waals surface area (Å²) in [5, 5.41) is 10.4. The van der Waals surface area contributed by atoms with E-state index in [-0.39, 0.29) is 27.6 Å². The van der Waals surface area contributed by atoms with Crippen LogP contribution in [-0.2, 0) is 23.9 Å². The maximum atomic E-state index is 15.2. The third kappa shape index (κ3) is 5.09. The van der Waals surface area contributed by atoms with E-state index in [4.69, 9.17) is 15.6 Å². The molecule has 5 N–H and O–H groups in total. The second-order valence-corrected chi connectivity index (χ2v) is 7.69. The van der Waals surface area contributed by atoms with E-state index in [0.717, 1.165) is 17.2 Å². The van der Waals surface area contributed by atoms with Crippen molar-refractivity contribution in [1.29, 1.82) is 0 Å². The van der Waals surface area contributed by atoms with E-state index in [1.807, 2.05) is 6.07 Å². The lowest BCUT2D eigenvalue weighted by molar-refractivity contribution is -0.192. The molecule has 35 heavy (non-hydrogen) atoms. The van der Waals surface area contributed by atoms with E-state index >= 15 is 4.39 Å². The van der Waals surface area contributed by atoms with Crippen molar-refractivity contribution in [2.45, 2.75) is 32.2 Å². The van der Waals surface area contributed by atoms with Gasteiger partial charge in [0, 0.05) is 17.5 Å². The number of H-pyrrole nitrogens is 1. The number of carboxylic acids is 1. The predicted octanol–water partition coefficient (Wildman–Crippen LogP) is 4.68. The van der Waals surface area contributed by atoms with Crippen LogP contribution in [0.3, 0.4) is 0 Å². The second-order valence-electron chi connectivity index (χ2n) is 7.69. The molecular weight excluding hydrogens is 487 g/mol. The quantitative estimate of drug-likeness (QED) is 0.380. The minimum atomic E-state index is -5.08. The number of aromatic amines is 1. The number of carbonyl (C=O) groups excluding carboxylic acids is 1. The summed E-state index contributed by atoms with van der Waals surface area (Å²) in [4.78, 5) is 22.9. The average molecular weight is 505 g/mol. The van der Waals surface area contributed by atoms with Crippen LogP contribution in [0.2, 0.25) is 0 Å². The summed E-state index contributed by atoms with van der Waals surface area (Å²) in [6, 6.07) is 6.27. The second kappa shape index (κ2) is 9.21. The lowest BCUT2D eigenvalue weighted by atomic mass is 9.88. The van der Waals surface area contributed by atoms with Gasteiger partial charge in [-0.25, -0.2) is 9.18 Å². The number of carbonyl (C=O) groups is 2. The number of aromatic nitrogens is 1. The molecule has 0 saturated carbocycles. The van der Waals surface area contributed by atoms with Crippen molar-refractivity contribution in [2.75, 3.05) is 6.54 Å². The van der Waals surface area contributed by atoms with Gasteiger partial charge in [0.15, 0.2) is 0 Å². The predicted molar refractivity (Wildman–Crippen MR) is 111 cm³/mol. The van der Waals surface area contributed by atoms with E-state index in [2.05, 4.69) is 10.3 Å². The van der Waals surface area contributed by atoms with Gasteiger partial charge >= 0.3 is 18.3 Å². The van der Waals surface area contributed by atoms with Gasteiger partial charge in [-0.15, -0.1) is 0 Å². The number of aliphatic carboxylic acids is 1. The van der Waals surface area contributed by atoms with Gasteiger partial charge in [-0.2, -0.15) is 26.3 Å². The monoisotopic (exact) mass is 505 g/mol. The van der Waals surface area contributed by atoms with Crippen LogP contribution in [0.5, 0.6) is 0 Å². The van der Waals surface area contributed by atoms with Gasteiger partial charge in [0.1, 0.15) is 11.5 Å². The Labute approximate surface area is 192 Å². The zero-order valence-corrected chi connectivity index (χ0v) is 17.9. The average Bonchev–Trinajstić information content (AvgIpc) is 3.10. The molecular formula is C22H18F7N3O3. The van der Waals surface area contributed by atoms with Crippen LogP contribution in [0.25, 0.3) is 22.0 Å². The zero-order chi connectivity index (χ0) is 26.3. The van der Waals surface area contributed by atoms with Crippen molar-refractivity contribution in [2.24, 2.45) is 5.73 Å². The highest BCUT2D eigenvalue weighted by molar-refractivity contribution is 6.11. The Balaban J connectivity index is 0.000000429. The highest BCUT2D eigenvalue weighted by Gasteiger charge is 2.38. The Morgan fingerprint density at radius 2 is 1.74 bits per heavy atom. The van der Waals surface area contributed by atoms with Crippen molar-refractivity contribution in [3.63, 3.8) is 0 Å². The molecule has 13 heteroatoms. The molecule has 3 aromatic rings. The van der Waals surface area contributed by atoms with Crippen molar-refractivity contribution >= 4 is 22.8 Å². The fourth-order valence-corrected chi connectivity index (χ4v) is 4.01. The highest BCUT2D eigenvalue weighted by atomic mass is 19.4. The number of fused-ring (bicyclic) bond motifs is 2. The summed E-state index contributed by atoms with van der Waals surface area (Å²) in [5.74, 6) is -4.53. The molecule has 0 unspecified atom stereocenters. The minimum absolute atomic E-state index is 0.0352. The molecule has 0 atom stereocenters. The Kier molecular flexibility index (Phi) is 6.84. The van der Waals surface area contributed by atoms with Crippen LogP contribution in [0.15, 0.2) is 24.3 Å². The van der Waals surface area contributed by atoms with Crippen LogP contribution in [-0.4, -0.2) is 34.7 Å². The Hall–Kier alpha value is -3.61. The molecule has 0 aliphatic carbocycles. The SMILES string of the molecule is Cc1c(C(F)(F)F)[nH]c2c(C(N)=O)cc(F)c(-c3cccc4c3CCNC4)c12.O=C(O)C(F)(F)F. The van der Waals surface area contributed by atoms with Crippen molar-refractivity contribution < 1.29 is 45.4 Å². The molecule has 4 rings (SSSR count). The first-order valence-electron chi connectivity index (χ1n) is 9.98. The van der Waals surface area contributed by atoms with Gasteiger partial charge in [-0.1, -0.05) is 18.2 Å². The maximum absolute atomic E-state index is 15.2. The van der Waals surface area contributed by atoms with E-state index in [0.29, 0.717) is 25.1 Å². The maximum Gasteiger partial charge on any atom is 0.490 e. The Bertz CT molecular complexity index is 1310. The van der Waals surface area contributed by atoms with Crippen LogP contribution in [0, 0.1) is 12.7 Å². The normalized spacial score (nSPS) is 13.7. The molecule has 1 aliphatic heterocycles. The van der Waals surface area contributed by atoms with Gasteiger partial charge in [-0.05, 0) is 48.2 Å². The molecule has 1 amide bonds. The van der Waals surface area contributed by atoms with Gasteiger partial charge in [0.25, 0.3) is 5.91 Å². The molecule has 2 heterocycles. The number of rotatable bonds is 2. The van der Waals surface area contributed by atoms with E-state index in [1.54, 1.807) is 12.1 Å². The number of nitrogens with one attached hydrogen (secondary N) is 2. The number of hydrogen-bond donors (Lipinski definition) is 4. The molecule has 1 aromatic heterocycles. The smallest absolute Gasteiger partial charge is 0.475 e. The van der Waals surface area contributed by atoms with Gasteiger partial charge in [0.2, 0.25) is 0 Å². The molecule has 6 nitrogen and oxygen atoms in total. The van der Waals surface area contributed by atoms with Crippen molar-refractivity contribution in [1.82, 2.24) is 10.3 Å². The van der Waals surface area contributed by atoms with Gasteiger partial charge in [-0.3, -0.25) is 4.79 Å². The van der Waals surface area contributed by atoms with Crippen LogP contribution in [0.1, 0.15) is 32.7 Å². The third-order valence-electron chi connectivity index (χ3n) is 5.48. The van der Waals surface area contributed by atoms with E-state index in [1.165, 1.54) is 6.92 Å². The molecule has 0 bridgehead atoms. The van der Waals surface area contributed by atoms with Crippen molar-refractivity contribution in [3.05, 3.63) is 58.0 Å². The molecule has 0 spiro atoms. The van der Waals surface area contributed by atoms with E-state index in [9.17, 15) is 31.1 Å². The molecule has 0 radical (unpaired) electrons. The molecule has 2 aromatic carbocycles. The first-order valence-corrected chi connectivity index (χ1v) is 9.98. The Morgan fingerprint density at radius 3 is 2.29 bits per heavy atom. The first kappa shape index (κ1) is 26.0. The van der Waals surface area contributed by atoms with Crippen molar-refractivity contribution in [3.8, 4) is 11.1 Å². The summed E-state index contributed by atoms with van der Waals surface area (Å²) < 4.78 is 87.3. The zero-order valence-electron chi connectivity index (χ0n) is 17.9. The van der Waals surface area contributed by atoms with Crippen LogP contribution < -0.4 is 11.1 Å². The van der Waals surface area contributed by atoms with Gasteiger partial charge in [0.05, 0.1) is 11.1 Å². The first-order chi connectivity index (χ1) is 16.1. The van der Waals surface area contributed by atoms with E-state index < -0.39 is 35.7 Å². The van der Waals surface area contributed by atoms with Crippen LogP contribution in [0.4, 0.5) is 30.7 Å². The number of alkyl halides is 6. The Morgan fingerprint density at radius 1 is 1.11 bits per heavy atom. The fraction of sp³-hybridized carbons (Fsp3) is 0.273. The molecule has 0 fully saturated rings. The number of carboxylic acid groups (broad SMARTS) is 1.